The Morgan fingerprint density at radius 1 is 0.611 bits per heavy atom. The van der Waals surface area contributed by atoms with Crippen molar-refractivity contribution in [3.8, 4) is 0 Å². The predicted molar refractivity (Wildman–Crippen MR) is 373 cm³/mol. The summed E-state index contributed by atoms with van der Waals surface area (Å²) in [5.74, 6) is -8.13. The van der Waals surface area contributed by atoms with Gasteiger partial charge in [-0.25, -0.2) is 0 Å². The third-order valence-corrected chi connectivity index (χ3v) is 22.0. The van der Waals surface area contributed by atoms with Gasteiger partial charge in [-0.05, 0) is 147 Å². The fourth-order valence-electron chi connectivity index (χ4n) is 13.8. The zero-order chi connectivity index (χ0) is 71.1. The zero-order valence-electron chi connectivity index (χ0n) is 59.6. The van der Waals surface area contributed by atoms with E-state index in [2.05, 4.69) is 50.4 Å². The van der Waals surface area contributed by atoms with E-state index in [1.807, 2.05) is 34.6 Å². The zero-order valence-corrected chi connectivity index (χ0v) is 62.5. The molecule has 2 unspecified atom stereocenters. The molecule has 0 spiro atoms. The van der Waals surface area contributed by atoms with E-state index in [1.165, 1.54) is 90.4 Å². The summed E-state index contributed by atoms with van der Waals surface area (Å²) in [6.07, 6.45) is 9.43. The SMILES string of the molecule is C=C(C)C[C@@H]1NC(=O)[C@H](CC2CCCC(I)C2)NC(=O)CN(C)C(=O)[C@H](CC2CCC(Cl)CC2)N(C)C(=O)[C@@H]2CCN2C(=O)CN(C)C(=O)[C@H]([C@@H](C)CC)NC(=O)[C@H](CC(C)C)N(C)C(=O)C[C@@H](C(=O)N2CCCCC2)N(C)C(=O)[C@H](CC(C)C)NC(=O)C(C)(C)N(C)C1=O. The second kappa shape index (κ2) is 36.3. The van der Waals surface area contributed by atoms with E-state index in [9.17, 15) is 52.7 Å². The molecule has 0 aromatic rings. The largest absolute Gasteiger partial charge is 0.343 e. The molecular weight excluding hydrogens is 1350 g/mol. The molecule has 4 N–H and O–H groups in total. The van der Waals surface area contributed by atoms with Crippen molar-refractivity contribution in [1.82, 2.24) is 60.5 Å². The van der Waals surface area contributed by atoms with E-state index >= 15 is 4.79 Å². The molecule has 0 radical (unpaired) electrons. The first-order valence-corrected chi connectivity index (χ1v) is 36.5. The maximum atomic E-state index is 15.2. The van der Waals surface area contributed by atoms with Gasteiger partial charge in [0.1, 0.15) is 53.9 Å². The van der Waals surface area contributed by atoms with E-state index in [-0.39, 0.29) is 74.1 Å². The smallest absolute Gasteiger partial charge is 0.246 e. The molecule has 2 aliphatic carbocycles. The third-order valence-electron chi connectivity index (χ3n) is 20.5. The first kappa shape index (κ1) is 80.1. The molecule has 5 aliphatic rings. The molecule has 3 aliphatic heterocycles. The van der Waals surface area contributed by atoms with Gasteiger partial charge in [-0.2, -0.15) is 0 Å². The fourth-order valence-corrected chi connectivity index (χ4v) is 15.2. The Morgan fingerprint density at radius 3 is 1.80 bits per heavy atom. The van der Waals surface area contributed by atoms with Crippen LogP contribution in [-0.2, 0) is 57.5 Å². The molecule has 0 aromatic carbocycles. The van der Waals surface area contributed by atoms with Gasteiger partial charge in [-0.3, -0.25) is 57.5 Å². The standard InChI is InChI=1S/C69H114ClIN12O12/c1-17-44(8)59-67(94)77(12)40-58(86)83-31-28-52(83)65(92)80(15)54(37-45-24-26-47(70)27-25-45)64(91)76(11)39-56(84)72-49(36-46-22-21-23-48(71)35-46)60(87)73-51(33-42(4)5)63(90)81(16)69(9,10)68(95)74-50(32-41(2)3)62(89)79(14)55(66(93)82-29-19-18-20-30-82)38-57(85)78(13)53(34-43(6)7)61(88)75-59/h41,43-55,59H,4,17-40H2,1-3,5-16H3,(H,72,84)(H,73,87)(H,74,95)(H,75,88)/t44-,45?,46?,47?,48?,49-,50-,51-,52-,53-,54-,55-,59-/m0/s1. The Bertz CT molecular complexity index is 2760. The maximum absolute atomic E-state index is 15.2. The van der Waals surface area contributed by atoms with Crippen LogP contribution in [0.2, 0.25) is 0 Å². The summed E-state index contributed by atoms with van der Waals surface area (Å²) in [6, 6.07) is -9.50. The van der Waals surface area contributed by atoms with Gasteiger partial charge in [-0.15, -0.1) is 18.2 Å². The number of hydrogen-bond donors (Lipinski definition) is 4. The number of nitrogens with zero attached hydrogens (tertiary/aromatic N) is 8. The summed E-state index contributed by atoms with van der Waals surface area (Å²) < 4.78 is 0.330. The van der Waals surface area contributed by atoms with Gasteiger partial charge in [-0.1, -0.05) is 89.0 Å². The molecule has 11 atom stereocenters. The first-order chi connectivity index (χ1) is 44.5. The van der Waals surface area contributed by atoms with Crippen LogP contribution in [-0.4, -0.2) is 248 Å². The highest BCUT2D eigenvalue weighted by Crippen LogP contribution is 2.35. The van der Waals surface area contributed by atoms with Crippen molar-refractivity contribution in [1.29, 1.82) is 0 Å². The van der Waals surface area contributed by atoms with Crippen LogP contribution in [0.4, 0.5) is 0 Å². The number of rotatable bonds is 13. The summed E-state index contributed by atoms with van der Waals surface area (Å²) in [6.45, 7) is 19.9. The quantitative estimate of drug-likeness (QED) is 0.105. The summed E-state index contributed by atoms with van der Waals surface area (Å²) in [5, 5.41) is 11.6. The second-order valence-corrected chi connectivity index (χ2v) is 31.9. The van der Waals surface area contributed by atoms with E-state index in [1.54, 1.807) is 18.7 Å². The fraction of sp³-hybridized carbons (Fsp3) is 0.797. The van der Waals surface area contributed by atoms with Gasteiger partial charge in [0.25, 0.3) is 0 Å². The van der Waals surface area contributed by atoms with E-state index < -0.39 is 150 Å². The molecular formula is C69H114ClIN12O12. The number of hydrogen-bond acceptors (Lipinski definition) is 12. The number of piperidine rings is 1. The topological polar surface area (TPSA) is 279 Å². The lowest BCUT2D eigenvalue weighted by atomic mass is 9.83. The molecule has 3 heterocycles. The molecule has 3 saturated heterocycles. The molecule has 95 heavy (non-hydrogen) atoms. The molecule has 0 aromatic heterocycles. The van der Waals surface area contributed by atoms with Crippen LogP contribution < -0.4 is 21.3 Å². The molecule has 0 bridgehead atoms. The highest BCUT2D eigenvalue weighted by Gasteiger charge is 2.47. The molecule has 536 valence electrons. The summed E-state index contributed by atoms with van der Waals surface area (Å²) in [4.78, 5) is 188. The minimum absolute atomic E-state index is 0.000980. The number of carbonyl (C=O) groups excluding carboxylic acids is 12. The number of fused-ring (bicyclic) bond motifs is 1. The number of likely N-dealkylation sites (N-methyl/N-ethyl adjacent to an activating group) is 6. The molecule has 5 fully saturated rings. The van der Waals surface area contributed by atoms with Crippen LogP contribution in [0.3, 0.4) is 0 Å². The monoisotopic (exact) mass is 1460 g/mol. The normalized spacial score (nSPS) is 30.2. The number of carbonyl (C=O) groups is 12. The predicted octanol–water partition coefficient (Wildman–Crippen LogP) is 5.25. The average molecular weight is 1470 g/mol. The van der Waals surface area contributed by atoms with Crippen molar-refractivity contribution in [3.63, 3.8) is 0 Å². The molecule has 5 rings (SSSR count). The van der Waals surface area contributed by atoms with Crippen molar-refractivity contribution < 1.29 is 57.5 Å². The molecule has 12 amide bonds. The van der Waals surface area contributed by atoms with Gasteiger partial charge >= 0.3 is 0 Å². The number of amides is 12. The van der Waals surface area contributed by atoms with Gasteiger partial charge in [0, 0.05) is 71.2 Å². The van der Waals surface area contributed by atoms with E-state index in [0.717, 1.165) is 32.1 Å². The lowest BCUT2D eigenvalue weighted by molar-refractivity contribution is -0.158. The van der Waals surface area contributed by atoms with E-state index in [4.69, 9.17) is 11.6 Å². The third kappa shape index (κ3) is 21.9. The average Bonchev–Trinajstić information content (AvgIpc) is 0.800. The highest BCUT2D eigenvalue weighted by molar-refractivity contribution is 14.1. The van der Waals surface area contributed by atoms with E-state index in [0.29, 0.717) is 67.5 Å². The van der Waals surface area contributed by atoms with Gasteiger partial charge in [0.15, 0.2) is 0 Å². The Morgan fingerprint density at radius 2 is 1.23 bits per heavy atom. The summed E-state index contributed by atoms with van der Waals surface area (Å²) >= 11 is 8.94. The number of alkyl halides is 2. The van der Waals surface area contributed by atoms with Crippen molar-refractivity contribution >= 4 is 105 Å². The lowest BCUT2D eigenvalue weighted by Crippen LogP contribution is -2.64. The van der Waals surface area contributed by atoms with Crippen LogP contribution in [0, 0.1) is 29.6 Å². The molecule has 26 heteroatoms. The van der Waals surface area contributed by atoms with Gasteiger partial charge in [0.05, 0.1) is 19.5 Å². The Balaban J connectivity index is 1.60. The second-order valence-electron chi connectivity index (χ2n) is 29.5. The number of halogens is 2. The van der Waals surface area contributed by atoms with Crippen LogP contribution in [0.25, 0.3) is 0 Å². The van der Waals surface area contributed by atoms with Crippen LogP contribution in [0.5, 0.6) is 0 Å². The van der Waals surface area contributed by atoms with Crippen molar-refractivity contribution in [2.24, 2.45) is 29.6 Å². The van der Waals surface area contributed by atoms with Crippen molar-refractivity contribution in [2.45, 2.75) is 247 Å². The van der Waals surface area contributed by atoms with Gasteiger partial charge in [0.2, 0.25) is 70.9 Å². The van der Waals surface area contributed by atoms with Crippen LogP contribution in [0.15, 0.2) is 12.2 Å². The summed E-state index contributed by atoms with van der Waals surface area (Å²) in [7, 11) is 8.70. The van der Waals surface area contributed by atoms with Crippen molar-refractivity contribution in [2.75, 3.05) is 75.0 Å². The lowest BCUT2D eigenvalue weighted by Gasteiger charge is -2.44. The Hall–Kier alpha value is -5.60. The molecule has 2 saturated carbocycles. The Labute approximate surface area is 584 Å². The Kier molecular flexibility index (Phi) is 30.6. The molecule has 24 nitrogen and oxygen atoms in total. The van der Waals surface area contributed by atoms with Crippen LogP contribution >= 0.6 is 34.2 Å². The first-order valence-electron chi connectivity index (χ1n) is 34.8. The summed E-state index contributed by atoms with van der Waals surface area (Å²) in [5.41, 5.74) is -1.17. The van der Waals surface area contributed by atoms with Crippen molar-refractivity contribution in [3.05, 3.63) is 12.2 Å². The maximum Gasteiger partial charge on any atom is 0.246 e. The number of likely N-dealkylation sites (tertiary alicyclic amines) is 1. The van der Waals surface area contributed by atoms with Gasteiger partial charge < -0.3 is 60.5 Å². The number of nitrogens with one attached hydrogen (secondary N) is 4. The van der Waals surface area contributed by atoms with Crippen LogP contribution in [0.1, 0.15) is 184 Å². The minimum Gasteiger partial charge on any atom is -0.343 e. The minimum atomic E-state index is -1.70. The highest BCUT2D eigenvalue weighted by atomic mass is 127.